The van der Waals surface area contributed by atoms with E-state index in [2.05, 4.69) is 63.6 Å². The van der Waals surface area contributed by atoms with E-state index < -0.39 is 0 Å². The lowest BCUT2D eigenvalue weighted by Gasteiger charge is -2.29. The highest BCUT2D eigenvalue weighted by Gasteiger charge is 2.19. The molecule has 0 radical (unpaired) electrons. The molecule has 0 N–H and O–H groups in total. The minimum atomic E-state index is 0.977. The molecule has 1 heterocycles. The van der Waals surface area contributed by atoms with E-state index in [1.165, 1.54) is 22.3 Å². The molecular weight excluding hydrogens is 206 g/mol. The fraction of sp³-hybridized carbons (Fsp3) is 0.375. The van der Waals surface area contributed by atoms with Gasteiger partial charge >= 0.3 is 0 Å². The van der Waals surface area contributed by atoms with Crippen molar-refractivity contribution in [2.75, 3.05) is 20.1 Å². The number of hydrogen-bond acceptors (Lipinski definition) is 1. The Labute approximate surface area is 106 Å². The van der Waals surface area contributed by atoms with Crippen molar-refractivity contribution < 1.29 is 0 Å². The molecule has 0 aliphatic carbocycles. The minimum Gasteiger partial charge on any atom is -0.298 e. The molecule has 1 aliphatic heterocycles. The number of hydrogen-bond donors (Lipinski definition) is 0. The SMILES string of the molecule is C=CC1=C(C(/C=C\C)=C\C)/C(=C\C)CN(C)C1. The summed E-state index contributed by atoms with van der Waals surface area (Å²) in [4.78, 5) is 2.32. The molecule has 0 bridgehead atoms. The quantitative estimate of drug-likeness (QED) is 0.664. The molecule has 0 saturated carbocycles. The zero-order valence-electron chi connectivity index (χ0n) is 11.5. The molecule has 1 aliphatic rings. The first kappa shape index (κ1) is 13.7. The van der Waals surface area contributed by atoms with Gasteiger partial charge < -0.3 is 0 Å². The first-order valence-corrected chi connectivity index (χ1v) is 6.17. The summed E-state index contributed by atoms with van der Waals surface area (Å²) in [5.41, 5.74) is 5.36. The second-order valence-electron chi connectivity index (χ2n) is 4.33. The van der Waals surface area contributed by atoms with Crippen LogP contribution in [0.2, 0.25) is 0 Å². The second kappa shape index (κ2) is 6.41. The summed E-state index contributed by atoms with van der Waals surface area (Å²) < 4.78 is 0. The summed E-state index contributed by atoms with van der Waals surface area (Å²) in [7, 11) is 2.15. The molecule has 0 amide bonds. The Morgan fingerprint density at radius 1 is 1.24 bits per heavy atom. The van der Waals surface area contributed by atoms with E-state index >= 15 is 0 Å². The van der Waals surface area contributed by atoms with Gasteiger partial charge in [0.2, 0.25) is 0 Å². The van der Waals surface area contributed by atoms with Gasteiger partial charge in [-0.15, -0.1) is 0 Å². The van der Waals surface area contributed by atoms with Crippen molar-refractivity contribution >= 4 is 0 Å². The molecule has 17 heavy (non-hydrogen) atoms. The van der Waals surface area contributed by atoms with Crippen molar-refractivity contribution in [1.29, 1.82) is 0 Å². The second-order valence-corrected chi connectivity index (χ2v) is 4.33. The molecular formula is C16H23N. The van der Waals surface area contributed by atoms with Crippen LogP contribution in [-0.2, 0) is 0 Å². The molecule has 0 spiro atoms. The predicted octanol–water partition coefficient (Wildman–Crippen LogP) is 3.88. The third kappa shape index (κ3) is 3.07. The third-order valence-corrected chi connectivity index (χ3v) is 3.06. The van der Waals surface area contributed by atoms with Crippen LogP contribution in [0.4, 0.5) is 0 Å². The van der Waals surface area contributed by atoms with Crippen LogP contribution in [0.1, 0.15) is 20.8 Å². The predicted molar refractivity (Wildman–Crippen MR) is 77.0 cm³/mol. The van der Waals surface area contributed by atoms with Gasteiger partial charge in [0.25, 0.3) is 0 Å². The molecule has 0 atom stereocenters. The van der Waals surface area contributed by atoms with Gasteiger partial charge in [-0.2, -0.15) is 0 Å². The van der Waals surface area contributed by atoms with Crippen LogP contribution in [0.15, 0.2) is 59.3 Å². The van der Waals surface area contributed by atoms with Gasteiger partial charge in [0.15, 0.2) is 0 Å². The van der Waals surface area contributed by atoms with Gasteiger partial charge in [-0.3, -0.25) is 4.90 Å². The van der Waals surface area contributed by atoms with Crippen molar-refractivity contribution in [3.63, 3.8) is 0 Å². The van der Waals surface area contributed by atoms with Crippen molar-refractivity contribution in [1.82, 2.24) is 4.90 Å². The molecule has 1 nitrogen and oxygen atoms in total. The maximum atomic E-state index is 3.95. The van der Waals surface area contributed by atoms with Crippen molar-refractivity contribution in [3.8, 4) is 0 Å². The summed E-state index contributed by atoms with van der Waals surface area (Å²) in [6.45, 7) is 12.2. The van der Waals surface area contributed by atoms with Gasteiger partial charge in [-0.25, -0.2) is 0 Å². The molecule has 0 saturated heterocycles. The van der Waals surface area contributed by atoms with E-state index in [1.54, 1.807) is 0 Å². The van der Waals surface area contributed by atoms with E-state index in [0.29, 0.717) is 0 Å². The molecule has 1 rings (SSSR count). The largest absolute Gasteiger partial charge is 0.298 e. The van der Waals surface area contributed by atoms with Gasteiger partial charge in [0.1, 0.15) is 0 Å². The lowest BCUT2D eigenvalue weighted by atomic mass is 9.88. The lowest BCUT2D eigenvalue weighted by molar-refractivity contribution is 0.386. The third-order valence-electron chi connectivity index (χ3n) is 3.06. The zero-order chi connectivity index (χ0) is 12.8. The number of rotatable bonds is 3. The Hall–Kier alpha value is -1.34. The summed E-state index contributed by atoms with van der Waals surface area (Å²) in [6.07, 6.45) is 10.6. The Bertz CT molecular complexity index is 405. The number of nitrogens with zero attached hydrogens (tertiary/aromatic N) is 1. The highest BCUT2D eigenvalue weighted by molar-refractivity contribution is 5.58. The van der Waals surface area contributed by atoms with Crippen molar-refractivity contribution in [2.24, 2.45) is 0 Å². The molecule has 0 unspecified atom stereocenters. The Morgan fingerprint density at radius 3 is 2.41 bits per heavy atom. The Kier molecular flexibility index (Phi) is 5.17. The molecule has 0 aromatic rings. The molecule has 92 valence electrons. The van der Waals surface area contributed by atoms with E-state index in [0.717, 1.165) is 13.1 Å². The Morgan fingerprint density at radius 2 is 1.94 bits per heavy atom. The van der Waals surface area contributed by atoms with Crippen LogP contribution >= 0.6 is 0 Å². The van der Waals surface area contributed by atoms with E-state index in [4.69, 9.17) is 0 Å². The van der Waals surface area contributed by atoms with Gasteiger partial charge in [-0.1, -0.05) is 37.0 Å². The van der Waals surface area contributed by atoms with E-state index in [-0.39, 0.29) is 0 Å². The summed E-state index contributed by atoms with van der Waals surface area (Å²) in [5.74, 6) is 0. The van der Waals surface area contributed by atoms with Crippen LogP contribution in [-0.4, -0.2) is 25.0 Å². The van der Waals surface area contributed by atoms with Gasteiger partial charge in [-0.05, 0) is 50.1 Å². The summed E-state index contributed by atoms with van der Waals surface area (Å²) >= 11 is 0. The number of allylic oxidation sites excluding steroid dienone is 5. The van der Waals surface area contributed by atoms with Crippen LogP contribution in [0.25, 0.3) is 0 Å². The maximum Gasteiger partial charge on any atom is 0.0240 e. The standard InChI is InChI=1S/C16H23N/c1-6-10-13(7-2)16-14(8-3)11-17(5)12-15(16)9-4/h6-10H,3,11-12H2,1-2,4-5H3/b10-6-,13-7-,15-9-. The van der Waals surface area contributed by atoms with Gasteiger partial charge in [0.05, 0.1) is 0 Å². The highest BCUT2D eigenvalue weighted by atomic mass is 15.1. The van der Waals surface area contributed by atoms with Crippen LogP contribution in [0.3, 0.4) is 0 Å². The maximum absolute atomic E-state index is 3.95. The smallest absolute Gasteiger partial charge is 0.0240 e. The lowest BCUT2D eigenvalue weighted by Crippen LogP contribution is -2.29. The summed E-state index contributed by atoms with van der Waals surface area (Å²) in [5, 5.41) is 0. The van der Waals surface area contributed by atoms with Crippen molar-refractivity contribution in [2.45, 2.75) is 20.8 Å². The number of likely N-dealkylation sites (N-methyl/N-ethyl adjacent to an activating group) is 1. The monoisotopic (exact) mass is 229 g/mol. The van der Waals surface area contributed by atoms with Crippen LogP contribution in [0.5, 0.6) is 0 Å². The highest BCUT2D eigenvalue weighted by Crippen LogP contribution is 2.29. The Balaban J connectivity index is 3.34. The average Bonchev–Trinajstić information content (AvgIpc) is 2.35. The summed E-state index contributed by atoms with van der Waals surface area (Å²) in [6, 6.07) is 0. The minimum absolute atomic E-state index is 0.977. The van der Waals surface area contributed by atoms with E-state index in [1.807, 2.05) is 6.08 Å². The van der Waals surface area contributed by atoms with Crippen LogP contribution in [0, 0.1) is 0 Å². The first-order valence-electron chi connectivity index (χ1n) is 6.17. The molecule has 1 heteroatoms. The van der Waals surface area contributed by atoms with Crippen LogP contribution < -0.4 is 0 Å². The fourth-order valence-electron chi connectivity index (χ4n) is 2.28. The van der Waals surface area contributed by atoms with Crippen molar-refractivity contribution in [3.05, 3.63) is 59.3 Å². The first-order chi connectivity index (χ1) is 8.17. The molecule has 0 aromatic heterocycles. The average molecular weight is 229 g/mol. The van der Waals surface area contributed by atoms with E-state index in [9.17, 15) is 0 Å². The van der Waals surface area contributed by atoms with Gasteiger partial charge in [0, 0.05) is 13.1 Å². The fourth-order valence-corrected chi connectivity index (χ4v) is 2.28. The normalized spacial score (nSPS) is 21.6. The molecule has 0 aromatic carbocycles. The zero-order valence-corrected chi connectivity index (χ0v) is 11.5. The molecule has 0 fully saturated rings. The topological polar surface area (TPSA) is 3.24 Å².